The Labute approximate surface area is 222 Å². The van der Waals surface area contributed by atoms with E-state index in [4.69, 9.17) is 26.0 Å². The highest BCUT2D eigenvalue weighted by Gasteiger charge is 2.42. The molecule has 2 rings (SSSR count). The first-order valence-electron chi connectivity index (χ1n) is 11.8. The molecule has 1 atom stereocenters. The van der Waals surface area contributed by atoms with Crippen molar-refractivity contribution >= 4 is 41.5 Å². The number of ether oxygens (including phenoxy) is 3. The molecule has 0 saturated heterocycles. The van der Waals surface area contributed by atoms with Gasteiger partial charge in [-0.3, -0.25) is 9.59 Å². The van der Waals surface area contributed by atoms with Crippen molar-refractivity contribution in [3.63, 3.8) is 0 Å². The van der Waals surface area contributed by atoms with E-state index in [1.54, 1.807) is 26.8 Å². The molecule has 0 aliphatic heterocycles. The maximum atomic E-state index is 12.6. The van der Waals surface area contributed by atoms with Gasteiger partial charge < -0.3 is 14.2 Å². The number of hydrogen-bond acceptors (Lipinski definition) is 7. The minimum Gasteiger partial charge on any atom is -0.490 e. The first-order chi connectivity index (χ1) is 17.6. The highest BCUT2D eigenvalue weighted by molar-refractivity contribution is 7.13. The van der Waals surface area contributed by atoms with Crippen molar-refractivity contribution in [2.75, 3.05) is 20.3 Å². The molecule has 0 N–H and O–H groups in total. The molecule has 0 fully saturated rings. The molecular formula is C29H32N2O5S. The Morgan fingerprint density at radius 1 is 1.05 bits per heavy atom. The largest absolute Gasteiger partial charge is 0.490 e. The van der Waals surface area contributed by atoms with Crippen LogP contribution in [0.4, 0.5) is 0 Å². The van der Waals surface area contributed by atoms with Crippen molar-refractivity contribution in [1.82, 2.24) is 0 Å². The Morgan fingerprint density at radius 2 is 1.73 bits per heavy atom. The van der Waals surface area contributed by atoms with Gasteiger partial charge in [-0.15, -0.1) is 11.3 Å². The number of rotatable bonds is 12. The predicted molar refractivity (Wildman–Crippen MR) is 145 cm³/mol. The topological polar surface area (TPSA) is 90.0 Å². The van der Waals surface area contributed by atoms with Crippen molar-refractivity contribution in [3.8, 4) is 11.8 Å². The molecule has 0 aliphatic rings. The van der Waals surface area contributed by atoms with Crippen molar-refractivity contribution in [2.24, 2.45) is 10.8 Å². The number of nitrogens with zero attached hydrogens (tertiary/aromatic N) is 2. The van der Waals surface area contributed by atoms with E-state index in [1.165, 1.54) is 18.4 Å². The molecule has 0 bridgehead atoms. The summed E-state index contributed by atoms with van der Waals surface area (Å²) in [4.78, 5) is 29.8. The fourth-order valence-electron chi connectivity index (χ4n) is 3.74. The second kappa shape index (κ2) is 13.4. The number of benzene rings is 1. The van der Waals surface area contributed by atoms with Gasteiger partial charge in [-0.1, -0.05) is 25.1 Å². The second-order valence-corrected chi connectivity index (χ2v) is 10.5. The molecule has 1 unspecified atom stereocenters. The van der Waals surface area contributed by atoms with Gasteiger partial charge in [-0.2, -0.15) is 0 Å². The summed E-state index contributed by atoms with van der Waals surface area (Å²) in [7, 11) is 1.35. The molecule has 0 spiro atoms. The van der Waals surface area contributed by atoms with E-state index < -0.39 is 10.8 Å². The maximum absolute atomic E-state index is 12.6. The van der Waals surface area contributed by atoms with E-state index in [1.807, 2.05) is 61.5 Å². The van der Waals surface area contributed by atoms with E-state index in [0.29, 0.717) is 18.6 Å². The number of esters is 2. The molecule has 1 aromatic carbocycles. The molecule has 2 aromatic rings. The van der Waals surface area contributed by atoms with Gasteiger partial charge >= 0.3 is 11.9 Å². The molecule has 37 heavy (non-hydrogen) atoms. The van der Waals surface area contributed by atoms with Gasteiger partial charge in [0.25, 0.3) is 5.70 Å². The van der Waals surface area contributed by atoms with Crippen LogP contribution in [0.2, 0.25) is 0 Å². The predicted octanol–water partition coefficient (Wildman–Crippen LogP) is 6.63. The second-order valence-electron chi connectivity index (χ2n) is 9.35. The van der Waals surface area contributed by atoms with Crippen LogP contribution in [0, 0.1) is 28.7 Å². The van der Waals surface area contributed by atoms with Crippen LogP contribution in [0.5, 0.6) is 5.75 Å². The summed E-state index contributed by atoms with van der Waals surface area (Å²) in [6.07, 6.45) is 6.38. The molecule has 0 aliphatic carbocycles. The molecule has 1 aromatic heterocycles. The van der Waals surface area contributed by atoms with Gasteiger partial charge in [0, 0.05) is 9.75 Å². The maximum Gasteiger partial charge on any atom is 0.311 e. The van der Waals surface area contributed by atoms with Gasteiger partial charge in [0.05, 0.1) is 30.6 Å². The Balaban J connectivity index is 1.84. The van der Waals surface area contributed by atoms with E-state index in [2.05, 4.69) is 4.85 Å². The Bertz CT molecular complexity index is 1210. The summed E-state index contributed by atoms with van der Waals surface area (Å²) in [6.45, 7) is 14.5. The SMILES string of the molecule is [C-]#[N+]C(C#N)=Cc1ccc(C=Cc2ccc(OCCOC(=O)C(C)(C)CC(C)(CC)C(=O)OC)cc2)s1. The zero-order chi connectivity index (χ0) is 27.5. The number of hydrogen-bond donors (Lipinski definition) is 0. The molecule has 8 heteroatoms. The van der Waals surface area contributed by atoms with Gasteiger partial charge in [-0.05, 0) is 75.6 Å². The normalized spacial score (nSPS) is 13.3. The van der Waals surface area contributed by atoms with Crippen LogP contribution in [0.3, 0.4) is 0 Å². The molecule has 0 amide bonds. The Hall–Kier alpha value is -3.88. The first-order valence-corrected chi connectivity index (χ1v) is 12.6. The summed E-state index contributed by atoms with van der Waals surface area (Å²) in [6, 6.07) is 13.2. The van der Waals surface area contributed by atoms with Crippen molar-refractivity contribution in [2.45, 2.75) is 40.5 Å². The highest BCUT2D eigenvalue weighted by atomic mass is 32.1. The van der Waals surface area contributed by atoms with Crippen molar-refractivity contribution in [3.05, 3.63) is 68.8 Å². The third kappa shape index (κ3) is 8.63. The summed E-state index contributed by atoms with van der Waals surface area (Å²) in [5.74, 6) is -0.0608. The van der Waals surface area contributed by atoms with Gasteiger partial charge in [-0.25, -0.2) is 10.1 Å². The van der Waals surface area contributed by atoms with Crippen LogP contribution in [-0.2, 0) is 19.1 Å². The summed E-state index contributed by atoms with van der Waals surface area (Å²) < 4.78 is 16.0. The Morgan fingerprint density at radius 3 is 2.32 bits per heavy atom. The van der Waals surface area contributed by atoms with E-state index in [9.17, 15) is 9.59 Å². The molecule has 1 heterocycles. The van der Waals surface area contributed by atoms with Crippen LogP contribution in [0.1, 0.15) is 55.9 Å². The van der Waals surface area contributed by atoms with Crippen LogP contribution < -0.4 is 4.74 Å². The van der Waals surface area contributed by atoms with Crippen molar-refractivity contribution < 1.29 is 23.8 Å². The third-order valence-corrected chi connectivity index (χ3v) is 6.91. The average Bonchev–Trinajstić information content (AvgIpc) is 3.35. The van der Waals surface area contributed by atoms with Gasteiger partial charge in [0.1, 0.15) is 19.0 Å². The number of methoxy groups -OCH3 is 1. The molecule has 7 nitrogen and oxygen atoms in total. The van der Waals surface area contributed by atoms with E-state index in [-0.39, 0.29) is 30.8 Å². The fourth-order valence-corrected chi connectivity index (χ4v) is 4.59. The highest BCUT2D eigenvalue weighted by Crippen LogP contribution is 2.38. The van der Waals surface area contributed by atoms with Gasteiger partial charge in [0.2, 0.25) is 0 Å². The molecule has 0 radical (unpaired) electrons. The lowest BCUT2D eigenvalue weighted by Crippen LogP contribution is -2.38. The van der Waals surface area contributed by atoms with Gasteiger partial charge in [0.15, 0.2) is 0 Å². The monoisotopic (exact) mass is 520 g/mol. The summed E-state index contributed by atoms with van der Waals surface area (Å²) in [5.41, 5.74) is -0.563. The number of nitriles is 1. The summed E-state index contributed by atoms with van der Waals surface area (Å²) in [5, 5.41) is 8.88. The third-order valence-electron chi connectivity index (χ3n) is 5.91. The van der Waals surface area contributed by atoms with Crippen molar-refractivity contribution in [1.29, 1.82) is 5.26 Å². The van der Waals surface area contributed by atoms with Crippen LogP contribution in [0.25, 0.3) is 23.1 Å². The average molecular weight is 521 g/mol. The standard InChI is InChI=1S/C29H32N2O5S/c1-7-29(4,27(33)34-6)20-28(2,3)26(32)36-17-16-35-23-11-8-21(9-12-23)10-13-24-14-15-25(37-24)18-22(19-30)31-5/h8-15,18H,7,16-17,20H2,1-4,6H3. The number of carbonyl (C=O) groups excluding carboxylic acids is 2. The van der Waals surface area contributed by atoms with Crippen LogP contribution in [0.15, 0.2) is 42.1 Å². The number of carbonyl (C=O) groups is 2. The minimum atomic E-state index is -0.846. The lowest BCUT2D eigenvalue weighted by molar-refractivity contribution is -0.162. The van der Waals surface area contributed by atoms with E-state index >= 15 is 0 Å². The quantitative estimate of drug-likeness (QED) is 0.135. The molecule has 0 saturated carbocycles. The smallest absolute Gasteiger partial charge is 0.311 e. The fraction of sp³-hybridized carbons (Fsp3) is 0.379. The summed E-state index contributed by atoms with van der Waals surface area (Å²) >= 11 is 1.49. The van der Waals surface area contributed by atoms with Crippen LogP contribution in [-0.4, -0.2) is 32.3 Å². The zero-order valence-electron chi connectivity index (χ0n) is 21.9. The van der Waals surface area contributed by atoms with E-state index in [0.717, 1.165) is 15.3 Å². The lowest BCUT2D eigenvalue weighted by Gasteiger charge is -2.33. The number of allylic oxidation sites excluding steroid dienone is 1. The minimum absolute atomic E-state index is 0.0597. The Kier molecular flexibility index (Phi) is 10.7. The number of thiophene rings is 1. The lowest BCUT2D eigenvalue weighted by atomic mass is 9.72. The van der Waals surface area contributed by atoms with Crippen LogP contribution >= 0.6 is 11.3 Å². The first kappa shape index (κ1) is 29.4. The zero-order valence-corrected chi connectivity index (χ0v) is 22.7. The molecule has 194 valence electrons. The molecular weight excluding hydrogens is 488 g/mol.